The van der Waals surface area contributed by atoms with Gasteiger partial charge >= 0.3 is 0 Å². The van der Waals surface area contributed by atoms with E-state index < -0.39 is 6.79 Å². The Hall–Kier alpha value is -2.33. The first-order valence-corrected chi connectivity index (χ1v) is 8.30. The normalized spacial score (nSPS) is 10.4. The van der Waals surface area contributed by atoms with E-state index in [-0.39, 0.29) is 0 Å². The summed E-state index contributed by atoms with van der Waals surface area (Å²) in [5.74, 6) is 1.32. The number of carbonyl (C=O) groups is 1. The Morgan fingerprint density at radius 3 is 2.38 bits per heavy atom. The van der Waals surface area contributed by atoms with Crippen molar-refractivity contribution in [1.29, 1.82) is 0 Å². The van der Waals surface area contributed by atoms with E-state index in [1.165, 1.54) is 5.56 Å². The van der Waals surface area contributed by atoms with Crippen LogP contribution >= 0.6 is 0 Å². The zero-order valence-electron chi connectivity index (χ0n) is 14.0. The van der Waals surface area contributed by atoms with Crippen molar-refractivity contribution < 1.29 is 19.4 Å². The molecule has 0 fully saturated rings. The Bertz CT molecular complexity index is 635. The predicted molar refractivity (Wildman–Crippen MR) is 93.8 cm³/mol. The number of ether oxygens (including phenoxy) is 2. The van der Waals surface area contributed by atoms with Gasteiger partial charge in [0.1, 0.15) is 11.5 Å². The van der Waals surface area contributed by atoms with Crippen molar-refractivity contribution in [3.8, 4) is 11.5 Å². The standard InChI is InChI=1S/C20H24O4/c1-2-3-12-23-19-10-7-16(8-11-19)4-5-17-6-9-18(14-21)20(13-17)24-15-22/h6-11,13-14,22H,2-5,12,15H2,1H3. The first-order chi connectivity index (χ1) is 11.8. The monoisotopic (exact) mass is 328 g/mol. The van der Waals surface area contributed by atoms with Crippen LogP contribution in [0, 0.1) is 0 Å². The molecule has 2 rings (SSSR count). The highest BCUT2D eigenvalue weighted by Crippen LogP contribution is 2.21. The van der Waals surface area contributed by atoms with E-state index in [1.807, 2.05) is 24.3 Å². The molecule has 1 N–H and O–H groups in total. The minimum atomic E-state index is -0.441. The average Bonchev–Trinajstić information content (AvgIpc) is 2.62. The lowest BCUT2D eigenvalue weighted by molar-refractivity contribution is 0.0958. The second kappa shape index (κ2) is 9.73. The van der Waals surface area contributed by atoms with Crippen molar-refractivity contribution in [2.75, 3.05) is 13.4 Å². The van der Waals surface area contributed by atoms with Crippen LogP contribution in [0.1, 0.15) is 41.3 Å². The fourth-order valence-electron chi connectivity index (χ4n) is 2.40. The van der Waals surface area contributed by atoms with Gasteiger partial charge in [-0.25, -0.2) is 0 Å². The number of benzene rings is 2. The molecule has 0 aliphatic carbocycles. The molecule has 2 aromatic carbocycles. The molecule has 4 nitrogen and oxygen atoms in total. The zero-order valence-corrected chi connectivity index (χ0v) is 14.0. The number of aryl methyl sites for hydroxylation is 2. The zero-order chi connectivity index (χ0) is 17.2. The summed E-state index contributed by atoms with van der Waals surface area (Å²) in [5.41, 5.74) is 2.73. The number of unbranched alkanes of at least 4 members (excludes halogenated alkanes) is 1. The Morgan fingerprint density at radius 1 is 1.00 bits per heavy atom. The molecule has 0 atom stereocenters. The average molecular weight is 328 g/mol. The van der Waals surface area contributed by atoms with Gasteiger partial charge in [0.25, 0.3) is 0 Å². The molecular weight excluding hydrogens is 304 g/mol. The molecule has 0 aliphatic rings. The van der Waals surface area contributed by atoms with Crippen LogP contribution < -0.4 is 9.47 Å². The largest absolute Gasteiger partial charge is 0.494 e. The van der Waals surface area contributed by atoms with E-state index >= 15 is 0 Å². The molecule has 0 bridgehead atoms. The number of rotatable bonds is 10. The number of hydrogen-bond acceptors (Lipinski definition) is 4. The van der Waals surface area contributed by atoms with Crippen LogP contribution in [-0.4, -0.2) is 24.8 Å². The van der Waals surface area contributed by atoms with Gasteiger partial charge in [-0.3, -0.25) is 4.79 Å². The van der Waals surface area contributed by atoms with E-state index in [1.54, 1.807) is 6.07 Å². The molecule has 0 saturated carbocycles. The fourth-order valence-corrected chi connectivity index (χ4v) is 2.40. The van der Waals surface area contributed by atoms with Crippen molar-refractivity contribution >= 4 is 6.29 Å². The molecule has 0 heterocycles. The highest BCUT2D eigenvalue weighted by atomic mass is 16.6. The number of aliphatic hydroxyl groups excluding tert-OH is 1. The minimum absolute atomic E-state index is 0.421. The maximum Gasteiger partial charge on any atom is 0.186 e. The van der Waals surface area contributed by atoms with Gasteiger partial charge in [-0.15, -0.1) is 0 Å². The maximum absolute atomic E-state index is 10.9. The third-order valence-corrected chi connectivity index (χ3v) is 3.82. The van der Waals surface area contributed by atoms with Gasteiger partial charge < -0.3 is 14.6 Å². The smallest absolute Gasteiger partial charge is 0.186 e. The summed E-state index contributed by atoms with van der Waals surface area (Å²) in [5, 5.41) is 8.89. The molecule has 0 spiro atoms. The first kappa shape index (κ1) is 18.0. The molecule has 0 radical (unpaired) electrons. The summed E-state index contributed by atoms with van der Waals surface area (Å²) in [4.78, 5) is 10.9. The lowest BCUT2D eigenvalue weighted by Gasteiger charge is -2.09. The van der Waals surface area contributed by atoms with Crippen LogP contribution in [0.25, 0.3) is 0 Å². The summed E-state index contributed by atoms with van der Waals surface area (Å²) in [6.07, 6.45) is 4.64. The summed E-state index contributed by atoms with van der Waals surface area (Å²) >= 11 is 0. The van der Waals surface area contributed by atoms with E-state index in [0.29, 0.717) is 11.3 Å². The molecular formula is C20H24O4. The van der Waals surface area contributed by atoms with Crippen molar-refractivity contribution in [2.45, 2.75) is 32.6 Å². The van der Waals surface area contributed by atoms with Crippen molar-refractivity contribution in [3.05, 3.63) is 59.2 Å². The van der Waals surface area contributed by atoms with Crippen LogP contribution in [0.15, 0.2) is 42.5 Å². The van der Waals surface area contributed by atoms with Crippen molar-refractivity contribution in [1.82, 2.24) is 0 Å². The Balaban J connectivity index is 1.93. The van der Waals surface area contributed by atoms with Crippen molar-refractivity contribution in [3.63, 3.8) is 0 Å². The van der Waals surface area contributed by atoms with E-state index in [0.717, 1.165) is 49.9 Å². The lowest BCUT2D eigenvalue weighted by Crippen LogP contribution is -2.00. The molecule has 0 saturated heterocycles. The highest BCUT2D eigenvalue weighted by molar-refractivity contribution is 5.79. The first-order valence-electron chi connectivity index (χ1n) is 8.30. The minimum Gasteiger partial charge on any atom is -0.494 e. The third kappa shape index (κ3) is 5.39. The fraction of sp³-hybridized carbons (Fsp3) is 0.350. The number of hydrogen-bond donors (Lipinski definition) is 1. The maximum atomic E-state index is 10.9. The van der Waals surface area contributed by atoms with Crippen molar-refractivity contribution in [2.24, 2.45) is 0 Å². The van der Waals surface area contributed by atoms with Crippen LogP contribution in [0.3, 0.4) is 0 Å². The molecule has 0 unspecified atom stereocenters. The number of aldehydes is 1. The van der Waals surface area contributed by atoms with Gasteiger partial charge in [0.15, 0.2) is 13.1 Å². The van der Waals surface area contributed by atoms with Gasteiger partial charge in [0.05, 0.1) is 12.2 Å². The summed E-state index contributed by atoms with van der Waals surface area (Å²) < 4.78 is 10.7. The molecule has 128 valence electrons. The van der Waals surface area contributed by atoms with Crippen LogP contribution in [-0.2, 0) is 12.8 Å². The number of carbonyl (C=O) groups excluding carboxylic acids is 1. The summed E-state index contributed by atoms with van der Waals surface area (Å²) in [6.45, 7) is 2.46. The van der Waals surface area contributed by atoms with Crippen LogP contribution in [0.4, 0.5) is 0 Å². The summed E-state index contributed by atoms with van der Waals surface area (Å²) in [6, 6.07) is 13.6. The Morgan fingerprint density at radius 2 is 1.71 bits per heavy atom. The van der Waals surface area contributed by atoms with E-state index in [4.69, 9.17) is 14.6 Å². The molecule has 24 heavy (non-hydrogen) atoms. The molecule has 4 heteroatoms. The summed E-state index contributed by atoms with van der Waals surface area (Å²) in [7, 11) is 0. The quantitative estimate of drug-likeness (QED) is 0.409. The van der Waals surface area contributed by atoms with Gasteiger partial charge in [0, 0.05) is 0 Å². The topological polar surface area (TPSA) is 55.8 Å². The molecule has 2 aromatic rings. The van der Waals surface area contributed by atoms with Gasteiger partial charge in [-0.1, -0.05) is 31.5 Å². The van der Waals surface area contributed by atoms with Gasteiger partial charge in [0.2, 0.25) is 0 Å². The Kier molecular flexibility index (Phi) is 7.30. The molecule has 0 aromatic heterocycles. The van der Waals surface area contributed by atoms with Crippen LogP contribution in [0.2, 0.25) is 0 Å². The second-order valence-electron chi connectivity index (χ2n) is 5.61. The lowest BCUT2D eigenvalue weighted by atomic mass is 10.0. The molecule has 0 amide bonds. The predicted octanol–water partition coefficient (Wildman–Crippen LogP) is 3.79. The van der Waals surface area contributed by atoms with Gasteiger partial charge in [-0.05, 0) is 54.7 Å². The third-order valence-electron chi connectivity index (χ3n) is 3.82. The number of aliphatic hydroxyl groups is 1. The van der Waals surface area contributed by atoms with E-state index in [9.17, 15) is 4.79 Å². The highest BCUT2D eigenvalue weighted by Gasteiger charge is 2.05. The molecule has 0 aliphatic heterocycles. The van der Waals surface area contributed by atoms with E-state index in [2.05, 4.69) is 19.1 Å². The second-order valence-corrected chi connectivity index (χ2v) is 5.61. The van der Waals surface area contributed by atoms with Crippen LogP contribution in [0.5, 0.6) is 11.5 Å². The van der Waals surface area contributed by atoms with Gasteiger partial charge in [-0.2, -0.15) is 0 Å². The SMILES string of the molecule is CCCCOc1ccc(CCc2ccc(C=O)c(OCO)c2)cc1. The Labute approximate surface area is 143 Å².